The molecule has 0 atom stereocenters. The Morgan fingerprint density at radius 2 is 1.46 bits per heavy atom. The number of aromatic nitrogens is 4. The van der Waals surface area contributed by atoms with E-state index in [-0.39, 0.29) is 0 Å². The van der Waals surface area contributed by atoms with Crippen LogP contribution in [0.4, 0.5) is 0 Å². The molecule has 0 aromatic carbocycles. The van der Waals surface area contributed by atoms with Gasteiger partial charge in [-0.1, -0.05) is 40.9 Å². The molecule has 0 aliphatic rings. The summed E-state index contributed by atoms with van der Waals surface area (Å²) in [6.45, 7) is 0. The zero-order valence-corrected chi connectivity index (χ0v) is 17.9. The lowest BCUT2D eigenvalue weighted by molar-refractivity contribution is 0.425. The van der Waals surface area contributed by atoms with Gasteiger partial charge in [-0.2, -0.15) is 0 Å². The van der Waals surface area contributed by atoms with Crippen molar-refractivity contribution in [2.45, 2.75) is 0 Å². The summed E-state index contributed by atoms with van der Waals surface area (Å²) < 4.78 is 0.491. The number of thiazole rings is 2. The van der Waals surface area contributed by atoms with Gasteiger partial charge in [-0.15, -0.1) is 22.7 Å². The summed E-state index contributed by atoms with van der Waals surface area (Å²) in [7, 11) is -1.40. The Balaban J connectivity index is 0.000000157. The van der Waals surface area contributed by atoms with Crippen LogP contribution in [0, 0.1) is 0 Å². The van der Waals surface area contributed by atoms with E-state index in [1.807, 2.05) is 17.5 Å². The predicted octanol–water partition coefficient (Wildman–Crippen LogP) is 4.07. The van der Waals surface area contributed by atoms with Crippen molar-refractivity contribution in [3.63, 3.8) is 0 Å². The second-order valence-electron chi connectivity index (χ2n) is 4.80. The maximum atomic E-state index is 8.54. The zero-order chi connectivity index (χ0) is 20.4. The molecule has 4 aromatic rings. The molecule has 0 amide bonds. The number of hydrogen-bond donors (Lipinski definition) is 2. The molecular formula is C16H12BCl3N4O2S2. The second kappa shape index (κ2) is 12.1. The molecule has 0 saturated heterocycles. The van der Waals surface area contributed by atoms with Crippen molar-refractivity contribution in [1.29, 1.82) is 0 Å². The van der Waals surface area contributed by atoms with E-state index < -0.39 is 7.12 Å². The first-order valence-corrected chi connectivity index (χ1v) is 10.4. The van der Waals surface area contributed by atoms with Crippen molar-refractivity contribution in [2.75, 3.05) is 0 Å². The molecule has 4 rings (SSSR count). The van der Waals surface area contributed by atoms with Gasteiger partial charge in [-0.25, -0.2) is 9.97 Å². The molecule has 0 aliphatic carbocycles. The Labute approximate surface area is 184 Å². The molecule has 6 nitrogen and oxygen atoms in total. The summed E-state index contributed by atoms with van der Waals surface area (Å²) >= 11 is 19.3. The van der Waals surface area contributed by atoms with Crippen LogP contribution in [-0.4, -0.2) is 37.1 Å². The summed E-state index contributed by atoms with van der Waals surface area (Å²) in [6, 6.07) is 7.08. The molecule has 28 heavy (non-hydrogen) atoms. The highest BCUT2D eigenvalue weighted by Gasteiger charge is 2.08. The molecule has 0 bridgehead atoms. The molecule has 0 spiro atoms. The zero-order valence-electron chi connectivity index (χ0n) is 14.0. The van der Waals surface area contributed by atoms with Crippen LogP contribution in [0.5, 0.6) is 0 Å². The maximum absolute atomic E-state index is 8.54. The summed E-state index contributed by atoms with van der Waals surface area (Å²) in [5, 5.41) is 22.5. The lowest BCUT2D eigenvalue weighted by Gasteiger charge is -1.93. The lowest BCUT2D eigenvalue weighted by atomic mass is 9.82. The molecule has 2 N–H and O–H groups in total. The number of pyridine rings is 2. The highest BCUT2D eigenvalue weighted by atomic mass is 35.5. The highest BCUT2D eigenvalue weighted by Crippen LogP contribution is 2.24. The smallest absolute Gasteiger partial charge is 0.423 e. The van der Waals surface area contributed by atoms with E-state index in [1.54, 1.807) is 36.1 Å². The van der Waals surface area contributed by atoms with Crippen LogP contribution < -0.4 is 5.46 Å². The fourth-order valence-electron chi connectivity index (χ4n) is 1.64. The molecule has 0 unspecified atom stereocenters. The molecule has 0 radical (unpaired) electrons. The second-order valence-corrected chi connectivity index (χ2v) is 7.87. The monoisotopic (exact) mass is 472 g/mol. The van der Waals surface area contributed by atoms with Gasteiger partial charge in [0.1, 0.15) is 15.3 Å². The normalized spacial score (nSPS) is 9.61. The molecule has 0 fully saturated rings. The third kappa shape index (κ3) is 8.20. The number of hydrogen-bond acceptors (Lipinski definition) is 8. The van der Waals surface area contributed by atoms with Crippen molar-refractivity contribution in [2.24, 2.45) is 0 Å². The van der Waals surface area contributed by atoms with E-state index in [2.05, 4.69) is 19.9 Å². The minimum absolute atomic E-state index is 0.414. The van der Waals surface area contributed by atoms with Crippen LogP contribution in [0.15, 0.2) is 59.8 Å². The SMILES string of the molecule is Clc1csc(-c2cccnc2)n1.Clc1csc(Cl)n1.OB(O)c1cccnc1. The Morgan fingerprint density at radius 3 is 1.82 bits per heavy atom. The molecule has 4 heterocycles. The topological polar surface area (TPSA) is 92.0 Å². The largest absolute Gasteiger partial charge is 0.490 e. The van der Waals surface area contributed by atoms with Crippen LogP contribution in [0.25, 0.3) is 10.6 Å². The van der Waals surface area contributed by atoms with Crippen molar-refractivity contribution in [1.82, 2.24) is 19.9 Å². The number of halogens is 3. The quantitative estimate of drug-likeness (QED) is 0.427. The van der Waals surface area contributed by atoms with E-state index in [0.717, 1.165) is 10.6 Å². The van der Waals surface area contributed by atoms with Gasteiger partial charge in [0.2, 0.25) is 0 Å². The minimum atomic E-state index is -1.40. The highest BCUT2D eigenvalue weighted by molar-refractivity contribution is 7.14. The third-order valence-corrected chi connectivity index (χ3v) is 5.33. The summed E-state index contributed by atoms with van der Waals surface area (Å²) in [4.78, 5) is 15.5. The summed E-state index contributed by atoms with van der Waals surface area (Å²) in [5.41, 5.74) is 1.42. The molecule has 12 heteroatoms. The predicted molar refractivity (Wildman–Crippen MR) is 117 cm³/mol. The average molecular weight is 474 g/mol. The van der Waals surface area contributed by atoms with E-state index in [9.17, 15) is 0 Å². The van der Waals surface area contributed by atoms with E-state index in [4.69, 9.17) is 44.9 Å². The maximum Gasteiger partial charge on any atom is 0.490 e. The first-order valence-electron chi connectivity index (χ1n) is 7.49. The van der Waals surface area contributed by atoms with Gasteiger partial charge in [0, 0.05) is 46.6 Å². The minimum Gasteiger partial charge on any atom is -0.423 e. The Hall–Kier alpha value is -1.59. The number of nitrogens with zero attached hydrogens (tertiary/aromatic N) is 4. The van der Waals surface area contributed by atoms with Crippen LogP contribution >= 0.6 is 57.5 Å². The van der Waals surface area contributed by atoms with Crippen molar-refractivity contribution < 1.29 is 10.0 Å². The first kappa shape index (κ1) is 22.7. The lowest BCUT2D eigenvalue weighted by Crippen LogP contribution is -2.29. The van der Waals surface area contributed by atoms with Gasteiger partial charge in [-0.05, 0) is 18.2 Å². The van der Waals surface area contributed by atoms with E-state index in [0.29, 0.717) is 20.2 Å². The summed E-state index contributed by atoms with van der Waals surface area (Å²) in [5.74, 6) is 0. The van der Waals surface area contributed by atoms with Crippen LogP contribution in [0.3, 0.4) is 0 Å². The van der Waals surface area contributed by atoms with Gasteiger partial charge in [0.25, 0.3) is 0 Å². The van der Waals surface area contributed by atoms with Crippen molar-refractivity contribution >= 4 is 70.1 Å². The Kier molecular flexibility index (Phi) is 9.79. The van der Waals surface area contributed by atoms with Crippen LogP contribution in [0.1, 0.15) is 0 Å². The van der Waals surface area contributed by atoms with Crippen molar-refractivity contribution in [3.8, 4) is 10.6 Å². The molecule has 0 aliphatic heterocycles. The fourth-order valence-corrected chi connectivity index (χ4v) is 3.51. The standard InChI is InChI=1S/C8H5ClN2S.C5H6BNO2.C3HCl2NS/c9-7-5-12-8(11-7)6-2-1-3-10-4-6;8-6(9)5-2-1-3-7-4-5;4-2-1-7-3(5)6-2/h1-5H;1-4,8-9H;1H. The molecule has 4 aromatic heterocycles. The Bertz CT molecular complexity index is 942. The third-order valence-electron chi connectivity index (χ3n) is 2.82. The van der Waals surface area contributed by atoms with Gasteiger partial charge in [-0.3, -0.25) is 9.97 Å². The van der Waals surface area contributed by atoms with Gasteiger partial charge < -0.3 is 10.0 Å². The van der Waals surface area contributed by atoms with E-state index in [1.165, 1.54) is 28.9 Å². The van der Waals surface area contributed by atoms with Crippen LogP contribution in [0.2, 0.25) is 14.8 Å². The van der Waals surface area contributed by atoms with E-state index >= 15 is 0 Å². The first-order chi connectivity index (χ1) is 13.5. The number of rotatable bonds is 2. The molecule has 144 valence electrons. The average Bonchev–Trinajstić information content (AvgIpc) is 3.31. The fraction of sp³-hybridized carbons (Fsp3) is 0. The molecular weight excluding hydrogens is 462 g/mol. The van der Waals surface area contributed by atoms with Crippen LogP contribution in [-0.2, 0) is 0 Å². The molecule has 0 saturated carbocycles. The summed E-state index contributed by atoms with van der Waals surface area (Å²) in [6.07, 6.45) is 6.49. The van der Waals surface area contributed by atoms with Gasteiger partial charge >= 0.3 is 7.12 Å². The Morgan fingerprint density at radius 1 is 0.821 bits per heavy atom. The van der Waals surface area contributed by atoms with Crippen molar-refractivity contribution in [3.05, 3.63) is 74.6 Å². The van der Waals surface area contributed by atoms with Gasteiger partial charge in [0.05, 0.1) is 0 Å². The van der Waals surface area contributed by atoms with Gasteiger partial charge in [0.15, 0.2) is 4.47 Å².